The van der Waals surface area contributed by atoms with Crippen molar-refractivity contribution in [1.82, 2.24) is 4.90 Å². The third-order valence-electron chi connectivity index (χ3n) is 2.61. The Morgan fingerprint density at radius 3 is 2.69 bits per heavy atom. The van der Waals surface area contributed by atoms with E-state index in [2.05, 4.69) is 31.7 Å². The normalized spacial score (nSPS) is 20.2. The van der Waals surface area contributed by atoms with Gasteiger partial charge in [-0.05, 0) is 11.8 Å². The van der Waals surface area contributed by atoms with Crippen molar-refractivity contribution < 1.29 is 5.11 Å². The van der Waals surface area contributed by atoms with Gasteiger partial charge in [-0.1, -0.05) is 32.4 Å². The molecular weight excluding hydrogens is 162 g/mol. The Balaban J connectivity index is 2.54. The summed E-state index contributed by atoms with van der Waals surface area (Å²) in [6, 6.07) is 0. The van der Waals surface area contributed by atoms with Gasteiger partial charge in [0.1, 0.15) is 0 Å². The van der Waals surface area contributed by atoms with Crippen LogP contribution in [0.2, 0.25) is 0 Å². The summed E-state index contributed by atoms with van der Waals surface area (Å²) in [5, 5.41) is 8.85. The molecule has 1 rings (SSSR count). The Hall–Kier alpha value is -0.340. The molecule has 13 heavy (non-hydrogen) atoms. The van der Waals surface area contributed by atoms with E-state index in [1.165, 1.54) is 5.57 Å². The van der Waals surface area contributed by atoms with Crippen molar-refractivity contribution in [2.45, 2.75) is 27.2 Å². The van der Waals surface area contributed by atoms with Gasteiger partial charge in [-0.3, -0.25) is 4.90 Å². The van der Waals surface area contributed by atoms with Crippen LogP contribution in [-0.4, -0.2) is 36.2 Å². The van der Waals surface area contributed by atoms with E-state index in [0.717, 1.165) is 26.1 Å². The zero-order valence-corrected chi connectivity index (χ0v) is 9.01. The number of aliphatic hydroxyl groups is 1. The lowest BCUT2D eigenvalue weighted by Crippen LogP contribution is -2.35. The van der Waals surface area contributed by atoms with Crippen LogP contribution in [-0.2, 0) is 0 Å². The largest absolute Gasteiger partial charge is 0.395 e. The molecule has 0 saturated heterocycles. The van der Waals surface area contributed by atoms with Gasteiger partial charge in [0, 0.05) is 19.6 Å². The van der Waals surface area contributed by atoms with E-state index in [-0.39, 0.29) is 12.0 Å². The summed E-state index contributed by atoms with van der Waals surface area (Å²) in [6.45, 7) is 9.97. The molecule has 76 valence electrons. The first-order valence-corrected chi connectivity index (χ1v) is 5.07. The minimum absolute atomic E-state index is 0.275. The number of rotatable bonds is 2. The second-order valence-corrected chi connectivity index (χ2v) is 4.77. The highest BCUT2D eigenvalue weighted by atomic mass is 16.3. The van der Waals surface area contributed by atoms with Gasteiger partial charge in [0.15, 0.2) is 0 Å². The summed E-state index contributed by atoms with van der Waals surface area (Å²) in [5.41, 5.74) is 1.79. The molecule has 0 radical (unpaired) electrons. The van der Waals surface area contributed by atoms with Gasteiger partial charge >= 0.3 is 0 Å². The van der Waals surface area contributed by atoms with Crippen LogP contribution in [0.3, 0.4) is 0 Å². The van der Waals surface area contributed by atoms with E-state index in [9.17, 15) is 0 Å². The Morgan fingerprint density at radius 1 is 1.46 bits per heavy atom. The van der Waals surface area contributed by atoms with Gasteiger partial charge in [-0.25, -0.2) is 0 Å². The van der Waals surface area contributed by atoms with Gasteiger partial charge in [-0.15, -0.1) is 0 Å². The zero-order valence-electron chi connectivity index (χ0n) is 9.01. The summed E-state index contributed by atoms with van der Waals surface area (Å²) in [4.78, 5) is 2.32. The zero-order chi connectivity index (χ0) is 9.90. The number of β-amino-alcohol motifs (C(OH)–C–C–N with tert-alkyl or cyclic N) is 1. The molecule has 0 spiro atoms. The first kappa shape index (κ1) is 10.7. The molecule has 0 aromatic heterocycles. The molecule has 1 heterocycles. The quantitative estimate of drug-likeness (QED) is 0.658. The molecular formula is C11H21NO. The summed E-state index contributed by atoms with van der Waals surface area (Å²) in [6.07, 6.45) is 3.49. The van der Waals surface area contributed by atoms with Crippen molar-refractivity contribution in [3.8, 4) is 0 Å². The van der Waals surface area contributed by atoms with Crippen molar-refractivity contribution in [2.75, 3.05) is 26.2 Å². The van der Waals surface area contributed by atoms with Crippen LogP contribution in [0, 0.1) is 5.41 Å². The lowest BCUT2D eigenvalue weighted by Gasteiger charge is -2.33. The van der Waals surface area contributed by atoms with Gasteiger partial charge < -0.3 is 5.11 Å². The van der Waals surface area contributed by atoms with Crippen LogP contribution >= 0.6 is 0 Å². The van der Waals surface area contributed by atoms with Crippen LogP contribution in [0.5, 0.6) is 0 Å². The van der Waals surface area contributed by atoms with Gasteiger partial charge in [-0.2, -0.15) is 0 Å². The standard InChI is InChI=1S/C11H21NO/c1-11(2,3)10-5-4-6-12(9-10)7-8-13/h5,13H,4,6-9H2,1-3H3. The lowest BCUT2D eigenvalue weighted by molar-refractivity contribution is 0.195. The lowest BCUT2D eigenvalue weighted by atomic mass is 9.84. The summed E-state index contributed by atoms with van der Waals surface area (Å²) >= 11 is 0. The van der Waals surface area contributed by atoms with Gasteiger partial charge in [0.25, 0.3) is 0 Å². The average Bonchev–Trinajstić information content (AvgIpc) is 2.04. The number of aliphatic hydroxyl groups excluding tert-OH is 1. The highest BCUT2D eigenvalue weighted by molar-refractivity contribution is 5.15. The predicted octanol–water partition coefficient (Wildman–Crippen LogP) is 1.66. The van der Waals surface area contributed by atoms with Crippen molar-refractivity contribution >= 4 is 0 Å². The van der Waals surface area contributed by atoms with E-state index < -0.39 is 0 Å². The van der Waals surface area contributed by atoms with Crippen LogP contribution in [0.4, 0.5) is 0 Å². The summed E-state index contributed by atoms with van der Waals surface area (Å²) < 4.78 is 0. The van der Waals surface area contributed by atoms with E-state index in [1.807, 2.05) is 0 Å². The monoisotopic (exact) mass is 183 g/mol. The molecule has 0 fully saturated rings. The van der Waals surface area contributed by atoms with Crippen LogP contribution in [0.15, 0.2) is 11.6 Å². The Labute approximate surface area is 81.2 Å². The van der Waals surface area contributed by atoms with E-state index in [4.69, 9.17) is 5.11 Å². The topological polar surface area (TPSA) is 23.5 Å². The Morgan fingerprint density at radius 2 is 2.15 bits per heavy atom. The maximum atomic E-state index is 8.85. The maximum absolute atomic E-state index is 8.85. The molecule has 0 bridgehead atoms. The van der Waals surface area contributed by atoms with Crippen molar-refractivity contribution in [1.29, 1.82) is 0 Å². The summed E-state index contributed by atoms with van der Waals surface area (Å²) in [5.74, 6) is 0. The van der Waals surface area contributed by atoms with Crippen molar-refractivity contribution in [2.24, 2.45) is 5.41 Å². The van der Waals surface area contributed by atoms with E-state index in [0.29, 0.717) is 0 Å². The average molecular weight is 183 g/mol. The SMILES string of the molecule is CC(C)(C)C1=CCCN(CCO)C1. The number of nitrogens with zero attached hydrogens (tertiary/aromatic N) is 1. The third-order valence-corrected chi connectivity index (χ3v) is 2.61. The molecule has 0 amide bonds. The molecule has 0 aromatic carbocycles. The Bertz CT molecular complexity index is 191. The van der Waals surface area contributed by atoms with Crippen molar-refractivity contribution in [3.63, 3.8) is 0 Å². The number of hydrogen-bond acceptors (Lipinski definition) is 2. The first-order chi connectivity index (χ1) is 6.04. The molecule has 0 saturated carbocycles. The molecule has 0 aliphatic carbocycles. The van der Waals surface area contributed by atoms with Crippen LogP contribution in [0.25, 0.3) is 0 Å². The Kier molecular flexibility index (Phi) is 3.51. The maximum Gasteiger partial charge on any atom is 0.0558 e. The van der Waals surface area contributed by atoms with Crippen LogP contribution in [0.1, 0.15) is 27.2 Å². The molecule has 1 aliphatic heterocycles. The number of hydrogen-bond donors (Lipinski definition) is 1. The molecule has 0 unspecified atom stereocenters. The summed E-state index contributed by atoms with van der Waals surface area (Å²) in [7, 11) is 0. The van der Waals surface area contributed by atoms with Crippen LogP contribution < -0.4 is 0 Å². The van der Waals surface area contributed by atoms with Gasteiger partial charge in [0.2, 0.25) is 0 Å². The van der Waals surface area contributed by atoms with E-state index >= 15 is 0 Å². The first-order valence-electron chi connectivity index (χ1n) is 5.07. The minimum atomic E-state index is 0.275. The highest BCUT2D eigenvalue weighted by Crippen LogP contribution is 2.28. The third kappa shape index (κ3) is 3.12. The van der Waals surface area contributed by atoms with E-state index in [1.54, 1.807) is 0 Å². The molecule has 1 N–H and O–H groups in total. The fourth-order valence-electron chi connectivity index (χ4n) is 1.68. The van der Waals surface area contributed by atoms with Crippen molar-refractivity contribution in [3.05, 3.63) is 11.6 Å². The predicted molar refractivity (Wildman–Crippen MR) is 55.7 cm³/mol. The second kappa shape index (κ2) is 4.25. The minimum Gasteiger partial charge on any atom is -0.395 e. The fourth-order valence-corrected chi connectivity index (χ4v) is 1.68. The molecule has 0 aromatic rings. The molecule has 2 heteroatoms. The molecule has 0 atom stereocenters. The smallest absolute Gasteiger partial charge is 0.0558 e. The highest BCUT2D eigenvalue weighted by Gasteiger charge is 2.21. The van der Waals surface area contributed by atoms with Gasteiger partial charge in [0.05, 0.1) is 6.61 Å². The fraction of sp³-hybridized carbons (Fsp3) is 0.818. The second-order valence-electron chi connectivity index (χ2n) is 4.77. The molecule has 2 nitrogen and oxygen atoms in total. The molecule has 1 aliphatic rings.